The van der Waals surface area contributed by atoms with Crippen molar-refractivity contribution in [3.8, 4) is 5.88 Å². The molecule has 0 bridgehead atoms. The summed E-state index contributed by atoms with van der Waals surface area (Å²) in [5.74, 6) is 0.553. The van der Waals surface area contributed by atoms with Gasteiger partial charge in [-0.3, -0.25) is 15.2 Å². The average molecular weight is 416 g/mol. The van der Waals surface area contributed by atoms with Crippen LogP contribution in [0.25, 0.3) is 0 Å². The van der Waals surface area contributed by atoms with Gasteiger partial charge in [-0.1, -0.05) is 12.1 Å². The Morgan fingerprint density at radius 3 is 2.63 bits per heavy atom. The molecule has 0 amide bonds. The first-order valence-electron chi connectivity index (χ1n) is 9.13. The molecule has 11 heteroatoms. The van der Waals surface area contributed by atoms with Gasteiger partial charge in [-0.05, 0) is 37.6 Å². The van der Waals surface area contributed by atoms with E-state index in [-0.39, 0.29) is 30.0 Å². The molecule has 3 aromatic rings. The summed E-state index contributed by atoms with van der Waals surface area (Å²) in [5.41, 5.74) is 0.390. The van der Waals surface area contributed by atoms with Gasteiger partial charge in [-0.25, -0.2) is 9.37 Å². The Kier molecular flexibility index (Phi) is 6.42. The molecular weight excluding hydrogens is 395 g/mol. The van der Waals surface area contributed by atoms with Crippen LogP contribution in [0.5, 0.6) is 5.88 Å². The zero-order chi connectivity index (χ0) is 21.7. The Labute approximate surface area is 171 Å². The van der Waals surface area contributed by atoms with Crippen molar-refractivity contribution in [1.29, 1.82) is 0 Å². The van der Waals surface area contributed by atoms with Gasteiger partial charge < -0.3 is 20.5 Å². The number of aromatic amines is 1. The largest absolute Gasteiger partial charge is 0.474 e. The predicted molar refractivity (Wildman–Crippen MR) is 108 cm³/mol. The topological polar surface area (TPSA) is 138 Å². The van der Waals surface area contributed by atoms with E-state index >= 15 is 0 Å². The number of rotatable bonds is 9. The Morgan fingerprint density at radius 1 is 1.27 bits per heavy atom. The summed E-state index contributed by atoms with van der Waals surface area (Å²) in [6, 6.07) is 9.33. The van der Waals surface area contributed by atoms with Crippen LogP contribution >= 0.6 is 0 Å². The number of hydrogen-bond donors (Lipinski definition) is 4. The Bertz CT molecular complexity index is 1010. The first-order valence-corrected chi connectivity index (χ1v) is 9.13. The smallest absolute Gasteiger partial charge is 0.311 e. The third-order valence-electron chi connectivity index (χ3n) is 4.01. The van der Waals surface area contributed by atoms with E-state index in [1.807, 2.05) is 13.8 Å². The first-order chi connectivity index (χ1) is 14.4. The number of aromatic nitrogens is 3. The fourth-order valence-corrected chi connectivity index (χ4v) is 2.68. The molecule has 0 aliphatic rings. The average Bonchev–Trinajstić information content (AvgIpc) is 3.13. The van der Waals surface area contributed by atoms with Gasteiger partial charge >= 0.3 is 5.69 Å². The molecule has 0 fully saturated rings. The van der Waals surface area contributed by atoms with Crippen LogP contribution in [0.1, 0.15) is 25.5 Å². The molecule has 1 atom stereocenters. The van der Waals surface area contributed by atoms with Crippen LogP contribution in [0.4, 0.5) is 27.5 Å². The van der Waals surface area contributed by atoms with Gasteiger partial charge in [0.2, 0.25) is 11.7 Å². The van der Waals surface area contributed by atoms with E-state index in [0.29, 0.717) is 17.3 Å². The van der Waals surface area contributed by atoms with E-state index in [1.165, 1.54) is 36.4 Å². The maximum absolute atomic E-state index is 13.1. The standard InChI is InChI=1S/C19H21FN6O4/c1-11(2)30-18-9-17(24-25-18)23-19-15(26(28)29)7-8-16(22-19)21-14(10-27)12-3-5-13(20)6-4-12/h3-9,11,14,27H,10H2,1-2H3,(H3,21,22,23,24,25)/t14-/m0/s1. The molecule has 4 N–H and O–H groups in total. The number of aliphatic hydroxyl groups is 1. The molecule has 2 heterocycles. The molecule has 30 heavy (non-hydrogen) atoms. The lowest BCUT2D eigenvalue weighted by molar-refractivity contribution is -0.384. The number of benzene rings is 1. The molecule has 0 aliphatic heterocycles. The van der Waals surface area contributed by atoms with Crippen molar-refractivity contribution in [1.82, 2.24) is 15.2 Å². The number of anilines is 3. The van der Waals surface area contributed by atoms with E-state index in [4.69, 9.17) is 4.74 Å². The van der Waals surface area contributed by atoms with Crippen LogP contribution in [-0.2, 0) is 0 Å². The molecule has 0 unspecified atom stereocenters. The highest BCUT2D eigenvalue weighted by Gasteiger charge is 2.19. The van der Waals surface area contributed by atoms with Crippen molar-refractivity contribution in [2.45, 2.75) is 26.0 Å². The van der Waals surface area contributed by atoms with Crippen molar-refractivity contribution in [3.05, 3.63) is 64.0 Å². The summed E-state index contributed by atoms with van der Waals surface area (Å²) < 4.78 is 18.6. The third kappa shape index (κ3) is 5.20. The van der Waals surface area contributed by atoms with Crippen molar-refractivity contribution < 1.29 is 19.2 Å². The van der Waals surface area contributed by atoms with Crippen LogP contribution in [0.15, 0.2) is 42.5 Å². The molecule has 0 aliphatic carbocycles. The maximum atomic E-state index is 13.1. The molecular formula is C19H21FN6O4. The number of halogens is 1. The first kappa shape index (κ1) is 21.0. The quantitative estimate of drug-likeness (QED) is 0.307. The number of ether oxygens (including phenoxy) is 1. The van der Waals surface area contributed by atoms with Gasteiger partial charge in [0.15, 0.2) is 0 Å². The fourth-order valence-electron chi connectivity index (χ4n) is 2.68. The molecule has 0 radical (unpaired) electrons. The number of H-pyrrole nitrogens is 1. The molecule has 0 saturated heterocycles. The van der Waals surface area contributed by atoms with Gasteiger partial charge in [-0.15, -0.1) is 5.10 Å². The number of hydrogen-bond acceptors (Lipinski definition) is 8. The van der Waals surface area contributed by atoms with E-state index in [2.05, 4.69) is 25.8 Å². The van der Waals surface area contributed by atoms with Crippen LogP contribution in [0.2, 0.25) is 0 Å². The highest BCUT2D eigenvalue weighted by Crippen LogP contribution is 2.29. The van der Waals surface area contributed by atoms with E-state index in [0.717, 1.165) is 0 Å². The molecule has 0 spiro atoms. The molecule has 0 saturated carbocycles. The summed E-state index contributed by atoms with van der Waals surface area (Å²) in [6.07, 6.45) is -0.0805. The number of nitrogens with zero attached hydrogens (tertiary/aromatic N) is 3. The summed E-state index contributed by atoms with van der Waals surface area (Å²) in [6.45, 7) is 3.41. The zero-order valence-corrected chi connectivity index (χ0v) is 16.3. The van der Waals surface area contributed by atoms with Crippen molar-refractivity contribution in [3.63, 3.8) is 0 Å². The number of nitrogens with one attached hydrogen (secondary N) is 3. The van der Waals surface area contributed by atoms with Gasteiger partial charge in [-0.2, -0.15) is 0 Å². The van der Waals surface area contributed by atoms with Crippen molar-refractivity contribution in [2.24, 2.45) is 0 Å². The second kappa shape index (κ2) is 9.18. The van der Waals surface area contributed by atoms with Crippen molar-refractivity contribution >= 4 is 23.1 Å². The number of aliphatic hydroxyl groups excluding tert-OH is 1. The summed E-state index contributed by atoms with van der Waals surface area (Å²) in [7, 11) is 0. The molecule has 158 valence electrons. The number of pyridine rings is 1. The minimum atomic E-state index is -0.578. The summed E-state index contributed by atoms with van der Waals surface area (Å²) >= 11 is 0. The van der Waals surface area contributed by atoms with Crippen molar-refractivity contribution in [2.75, 3.05) is 17.2 Å². The lowest BCUT2D eigenvalue weighted by atomic mass is 10.1. The molecule has 3 rings (SSSR count). The lowest BCUT2D eigenvalue weighted by Crippen LogP contribution is -2.16. The van der Waals surface area contributed by atoms with E-state index in [1.54, 1.807) is 6.07 Å². The fraction of sp³-hybridized carbons (Fsp3) is 0.263. The van der Waals surface area contributed by atoms with Crippen LogP contribution in [-0.4, -0.2) is 37.9 Å². The Morgan fingerprint density at radius 2 is 2.00 bits per heavy atom. The third-order valence-corrected chi connectivity index (χ3v) is 4.01. The minimum absolute atomic E-state index is 0.0273. The maximum Gasteiger partial charge on any atom is 0.311 e. The number of nitro groups is 1. The predicted octanol–water partition coefficient (Wildman–Crippen LogP) is 3.53. The zero-order valence-electron chi connectivity index (χ0n) is 16.3. The van der Waals surface area contributed by atoms with Crippen LogP contribution in [0.3, 0.4) is 0 Å². The highest BCUT2D eigenvalue weighted by molar-refractivity contribution is 5.66. The van der Waals surface area contributed by atoms with Crippen LogP contribution < -0.4 is 15.4 Å². The molecule has 10 nitrogen and oxygen atoms in total. The summed E-state index contributed by atoms with van der Waals surface area (Å²) in [4.78, 5) is 15.1. The minimum Gasteiger partial charge on any atom is -0.474 e. The Balaban J connectivity index is 1.84. The lowest BCUT2D eigenvalue weighted by Gasteiger charge is -2.18. The molecule has 2 aromatic heterocycles. The monoisotopic (exact) mass is 416 g/mol. The Hall–Kier alpha value is -3.73. The van der Waals surface area contributed by atoms with Gasteiger partial charge in [0, 0.05) is 12.1 Å². The second-order valence-electron chi connectivity index (χ2n) is 6.66. The summed E-state index contributed by atoms with van der Waals surface area (Å²) in [5, 5.41) is 33.6. The second-order valence-corrected chi connectivity index (χ2v) is 6.66. The normalized spacial score (nSPS) is 11.9. The van der Waals surface area contributed by atoms with Gasteiger partial charge in [0.1, 0.15) is 17.5 Å². The SMILES string of the molecule is CC(C)Oc1cc(Nc2nc(N[C@@H](CO)c3ccc(F)cc3)ccc2[N+](=O)[O-])[nH]n1. The van der Waals surface area contributed by atoms with E-state index < -0.39 is 16.8 Å². The highest BCUT2D eigenvalue weighted by atomic mass is 19.1. The van der Waals surface area contributed by atoms with E-state index in [9.17, 15) is 19.6 Å². The van der Waals surface area contributed by atoms with Gasteiger partial charge in [0.05, 0.1) is 23.7 Å². The van der Waals surface area contributed by atoms with Gasteiger partial charge in [0.25, 0.3) is 0 Å². The van der Waals surface area contributed by atoms with Crippen LogP contribution in [0, 0.1) is 15.9 Å². The molecule has 1 aromatic carbocycles.